The molecule has 1 aromatic carbocycles. The van der Waals surface area contributed by atoms with Gasteiger partial charge in [0.25, 0.3) is 0 Å². The van der Waals surface area contributed by atoms with Crippen molar-refractivity contribution in [3.63, 3.8) is 0 Å². The molecule has 0 unspecified atom stereocenters. The summed E-state index contributed by atoms with van der Waals surface area (Å²) < 4.78 is 63.0. The highest BCUT2D eigenvalue weighted by Gasteiger charge is 2.36. The zero-order valence-electron chi connectivity index (χ0n) is 7.54. The number of halogens is 6. The van der Waals surface area contributed by atoms with E-state index in [1.54, 1.807) is 0 Å². The number of alkyl halides is 4. The minimum absolute atomic E-state index is 0.260. The van der Waals surface area contributed by atoms with Gasteiger partial charge in [-0.2, -0.15) is 13.2 Å². The molecule has 0 spiro atoms. The maximum absolute atomic E-state index is 13.3. The predicted molar refractivity (Wildman–Crippen MR) is 49.5 cm³/mol. The number of hydrogen-bond donors (Lipinski definition) is 0. The molecule has 0 radical (unpaired) electrons. The molecule has 0 atom stereocenters. The third-order valence-electron chi connectivity index (χ3n) is 1.80. The van der Waals surface area contributed by atoms with Crippen LogP contribution in [0.4, 0.5) is 22.0 Å². The molecular weight excluding hydrogens is 299 g/mol. The first-order chi connectivity index (χ1) is 7.29. The summed E-state index contributed by atoms with van der Waals surface area (Å²) in [4.78, 5) is 11.0. The number of ketones is 1. The second-order valence-electron chi connectivity index (χ2n) is 2.84. The van der Waals surface area contributed by atoms with Gasteiger partial charge in [0, 0.05) is 0 Å². The van der Waals surface area contributed by atoms with Crippen LogP contribution in [0.1, 0.15) is 15.9 Å². The Morgan fingerprint density at radius 1 is 1.25 bits per heavy atom. The molecule has 0 aliphatic rings. The number of hydrogen-bond acceptors (Lipinski definition) is 1. The van der Waals surface area contributed by atoms with Crippen molar-refractivity contribution in [3.05, 3.63) is 34.9 Å². The number of Topliss-reactive ketones (excluding diaryl/α,β-unsaturated/α-hetero) is 1. The first kappa shape index (κ1) is 13.1. The van der Waals surface area contributed by atoms with Crippen LogP contribution in [0.25, 0.3) is 0 Å². The number of carbonyl (C=O) groups is 1. The van der Waals surface area contributed by atoms with Crippen molar-refractivity contribution in [2.75, 3.05) is 5.33 Å². The van der Waals surface area contributed by atoms with E-state index in [-0.39, 0.29) is 6.07 Å². The van der Waals surface area contributed by atoms with Crippen LogP contribution in [0.15, 0.2) is 12.1 Å². The van der Waals surface area contributed by atoms with E-state index in [1.165, 1.54) is 0 Å². The quantitative estimate of drug-likeness (QED) is 0.464. The van der Waals surface area contributed by atoms with Gasteiger partial charge in [0.2, 0.25) is 0 Å². The molecular formula is C9H4BrF5O. The van der Waals surface area contributed by atoms with Crippen LogP contribution >= 0.6 is 15.9 Å². The molecule has 0 N–H and O–H groups in total. The highest BCUT2D eigenvalue weighted by Crippen LogP contribution is 2.33. The van der Waals surface area contributed by atoms with Crippen molar-refractivity contribution in [3.8, 4) is 0 Å². The van der Waals surface area contributed by atoms with Crippen molar-refractivity contribution >= 4 is 21.7 Å². The molecule has 16 heavy (non-hydrogen) atoms. The largest absolute Gasteiger partial charge is 0.419 e. The Balaban J connectivity index is 3.45. The lowest BCUT2D eigenvalue weighted by atomic mass is 10.1. The average molecular weight is 303 g/mol. The number of benzene rings is 1. The van der Waals surface area contributed by atoms with Gasteiger partial charge in [-0.05, 0) is 12.1 Å². The molecule has 1 nitrogen and oxygen atoms in total. The summed E-state index contributed by atoms with van der Waals surface area (Å²) in [6, 6.07) is 0.678. The zero-order valence-corrected chi connectivity index (χ0v) is 9.12. The van der Waals surface area contributed by atoms with Crippen molar-refractivity contribution in [1.29, 1.82) is 0 Å². The van der Waals surface area contributed by atoms with E-state index in [4.69, 9.17) is 0 Å². The van der Waals surface area contributed by atoms with Crippen LogP contribution in [0.5, 0.6) is 0 Å². The highest BCUT2D eigenvalue weighted by molar-refractivity contribution is 9.09. The lowest BCUT2D eigenvalue weighted by molar-refractivity contribution is -0.140. The molecule has 1 rings (SSSR count). The van der Waals surface area contributed by atoms with Crippen LogP contribution in [-0.2, 0) is 6.18 Å². The van der Waals surface area contributed by atoms with Crippen LogP contribution < -0.4 is 0 Å². The normalized spacial score (nSPS) is 11.6. The minimum atomic E-state index is -4.96. The first-order valence-corrected chi connectivity index (χ1v) is 5.05. The summed E-state index contributed by atoms with van der Waals surface area (Å²) in [5, 5.41) is -0.456. The molecule has 0 heterocycles. The Bertz CT molecular complexity index is 427. The Kier molecular flexibility index (Phi) is 3.67. The molecule has 0 amide bonds. The molecule has 0 bridgehead atoms. The summed E-state index contributed by atoms with van der Waals surface area (Å²) in [5.74, 6) is -4.27. The maximum atomic E-state index is 13.3. The minimum Gasteiger partial charge on any atom is -0.293 e. The fourth-order valence-corrected chi connectivity index (χ4v) is 1.37. The van der Waals surface area contributed by atoms with Gasteiger partial charge in [-0.1, -0.05) is 15.9 Å². The van der Waals surface area contributed by atoms with E-state index >= 15 is 0 Å². The maximum Gasteiger partial charge on any atom is 0.419 e. The first-order valence-electron chi connectivity index (χ1n) is 3.93. The van der Waals surface area contributed by atoms with Gasteiger partial charge in [0.05, 0.1) is 16.5 Å². The molecule has 0 saturated heterocycles. The van der Waals surface area contributed by atoms with Crippen molar-refractivity contribution in [2.45, 2.75) is 6.18 Å². The molecule has 1 aromatic rings. The van der Waals surface area contributed by atoms with Gasteiger partial charge in [-0.3, -0.25) is 4.79 Å². The van der Waals surface area contributed by atoms with Gasteiger partial charge in [-0.15, -0.1) is 0 Å². The fourth-order valence-electron chi connectivity index (χ4n) is 1.09. The van der Waals surface area contributed by atoms with Gasteiger partial charge in [0.15, 0.2) is 5.78 Å². The second kappa shape index (κ2) is 4.48. The Hall–Kier alpha value is -0.980. The van der Waals surface area contributed by atoms with Gasteiger partial charge in [-0.25, -0.2) is 8.78 Å². The molecule has 0 aliphatic heterocycles. The van der Waals surface area contributed by atoms with Crippen LogP contribution in [0, 0.1) is 11.6 Å². The summed E-state index contributed by atoms with van der Waals surface area (Å²) in [7, 11) is 0. The standard InChI is InChI=1S/C9H4BrF5O/c10-3-6(16)7-5(11)2-1-4(8(7)12)9(13,14)15/h1-2H,3H2. The molecule has 0 aliphatic carbocycles. The van der Waals surface area contributed by atoms with E-state index in [1.807, 2.05) is 0 Å². The molecule has 88 valence electrons. The number of carbonyl (C=O) groups excluding carboxylic acids is 1. The Morgan fingerprint density at radius 2 is 1.81 bits per heavy atom. The van der Waals surface area contributed by atoms with E-state index in [9.17, 15) is 26.7 Å². The summed E-state index contributed by atoms with van der Waals surface area (Å²) in [6.45, 7) is 0. The summed E-state index contributed by atoms with van der Waals surface area (Å²) >= 11 is 2.63. The average Bonchev–Trinajstić information content (AvgIpc) is 2.15. The molecule has 7 heteroatoms. The van der Waals surface area contributed by atoms with E-state index in [2.05, 4.69) is 15.9 Å². The highest BCUT2D eigenvalue weighted by atomic mass is 79.9. The fraction of sp³-hybridized carbons (Fsp3) is 0.222. The van der Waals surface area contributed by atoms with E-state index in [0.717, 1.165) is 0 Å². The second-order valence-corrected chi connectivity index (χ2v) is 3.40. The van der Waals surface area contributed by atoms with E-state index < -0.39 is 40.1 Å². The number of rotatable bonds is 2. The van der Waals surface area contributed by atoms with Crippen molar-refractivity contribution < 1.29 is 26.7 Å². The molecule has 0 saturated carbocycles. The SMILES string of the molecule is O=C(CBr)c1c(F)ccc(C(F)(F)F)c1F. The smallest absolute Gasteiger partial charge is 0.293 e. The van der Waals surface area contributed by atoms with E-state index in [0.29, 0.717) is 6.07 Å². The van der Waals surface area contributed by atoms with Gasteiger partial charge < -0.3 is 0 Å². The molecule has 0 fully saturated rings. The predicted octanol–water partition coefficient (Wildman–Crippen LogP) is 3.56. The van der Waals surface area contributed by atoms with Crippen LogP contribution in [0.3, 0.4) is 0 Å². The summed E-state index contributed by atoms with van der Waals surface area (Å²) in [6.07, 6.45) is -4.96. The zero-order chi connectivity index (χ0) is 12.5. The molecule has 0 aromatic heterocycles. The van der Waals surface area contributed by atoms with Crippen molar-refractivity contribution in [2.24, 2.45) is 0 Å². The Labute approximate surface area is 95.4 Å². The lowest BCUT2D eigenvalue weighted by Crippen LogP contribution is -2.15. The Morgan fingerprint density at radius 3 is 2.25 bits per heavy atom. The topological polar surface area (TPSA) is 17.1 Å². The van der Waals surface area contributed by atoms with Crippen LogP contribution in [0.2, 0.25) is 0 Å². The lowest BCUT2D eigenvalue weighted by Gasteiger charge is -2.10. The third-order valence-corrected chi connectivity index (χ3v) is 2.31. The van der Waals surface area contributed by atoms with Gasteiger partial charge >= 0.3 is 6.18 Å². The monoisotopic (exact) mass is 302 g/mol. The van der Waals surface area contributed by atoms with Crippen LogP contribution in [-0.4, -0.2) is 11.1 Å². The summed E-state index contributed by atoms with van der Waals surface area (Å²) in [5.41, 5.74) is -2.83. The third kappa shape index (κ3) is 2.40. The van der Waals surface area contributed by atoms with Crippen molar-refractivity contribution in [1.82, 2.24) is 0 Å². The van der Waals surface area contributed by atoms with Gasteiger partial charge in [0.1, 0.15) is 11.6 Å².